The zero-order valence-corrected chi connectivity index (χ0v) is 16.3. The molecule has 1 amide bonds. The average Bonchev–Trinajstić information content (AvgIpc) is 2.71. The minimum Gasteiger partial charge on any atom is -0.493 e. The third-order valence-corrected chi connectivity index (χ3v) is 4.18. The first-order valence-electron chi connectivity index (χ1n) is 8.36. The summed E-state index contributed by atoms with van der Waals surface area (Å²) in [6, 6.07) is 10.4. The van der Waals surface area contributed by atoms with Crippen molar-refractivity contribution in [1.82, 2.24) is 0 Å². The Morgan fingerprint density at radius 1 is 1.17 bits per heavy atom. The molecule has 0 aliphatic heterocycles. The number of hydrogen-bond donors (Lipinski definition) is 1. The van der Waals surface area contributed by atoms with Crippen LogP contribution in [-0.2, 0) is 9.53 Å². The van der Waals surface area contributed by atoms with Crippen molar-refractivity contribution in [2.24, 2.45) is 0 Å². The van der Waals surface area contributed by atoms with Crippen molar-refractivity contribution in [3.8, 4) is 11.5 Å². The van der Waals surface area contributed by atoms with Gasteiger partial charge in [0.1, 0.15) is 6.61 Å². The second-order valence-corrected chi connectivity index (χ2v) is 6.56. The van der Waals surface area contributed by atoms with E-state index in [-0.39, 0.29) is 12.2 Å². The SMILES string of the molecule is C=CCOc1ccc(C(=O)OCC(=O)Nc2ccc(SC(F)F)cc2)cc1OC. The molecule has 1 N–H and O–H groups in total. The molecular formula is C20H19F2NO5S. The van der Waals surface area contributed by atoms with Crippen LogP contribution in [-0.4, -0.2) is 38.0 Å². The average molecular weight is 423 g/mol. The van der Waals surface area contributed by atoms with E-state index in [9.17, 15) is 18.4 Å². The fourth-order valence-electron chi connectivity index (χ4n) is 2.19. The van der Waals surface area contributed by atoms with Gasteiger partial charge in [0.05, 0.1) is 12.7 Å². The lowest BCUT2D eigenvalue weighted by molar-refractivity contribution is -0.119. The summed E-state index contributed by atoms with van der Waals surface area (Å²) in [5.41, 5.74) is 0.587. The van der Waals surface area contributed by atoms with Gasteiger partial charge in [0.15, 0.2) is 18.1 Å². The molecule has 6 nitrogen and oxygen atoms in total. The van der Waals surface area contributed by atoms with Crippen molar-refractivity contribution in [3.63, 3.8) is 0 Å². The first kappa shape index (κ1) is 22.2. The van der Waals surface area contributed by atoms with Crippen LogP contribution < -0.4 is 14.8 Å². The van der Waals surface area contributed by atoms with Gasteiger partial charge in [0, 0.05) is 10.6 Å². The number of carbonyl (C=O) groups is 2. The van der Waals surface area contributed by atoms with Crippen molar-refractivity contribution < 1.29 is 32.6 Å². The number of ether oxygens (including phenoxy) is 3. The smallest absolute Gasteiger partial charge is 0.338 e. The van der Waals surface area contributed by atoms with Crippen LogP contribution in [0.4, 0.5) is 14.5 Å². The fourth-order valence-corrected chi connectivity index (χ4v) is 2.69. The van der Waals surface area contributed by atoms with Crippen LogP contribution in [0.1, 0.15) is 10.4 Å². The Hall–Kier alpha value is -3.07. The second-order valence-electron chi connectivity index (χ2n) is 5.49. The van der Waals surface area contributed by atoms with Gasteiger partial charge in [-0.15, -0.1) is 0 Å². The van der Waals surface area contributed by atoms with E-state index < -0.39 is 24.2 Å². The van der Waals surface area contributed by atoms with E-state index in [1.807, 2.05) is 0 Å². The maximum Gasteiger partial charge on any atom is 0.338 e. The first-order chi connectivity index (χ1) is 13.9. The predicted molar refractivity (Wildman–Crippen MR) is 106 cm³/mol. The van der Waals surface area contributed by atoms with Crippen LogP contribution in [0.2, 0.25) is 0 Å². The molecule has 0 radical (unpaired) electrons. The van der Waals surface area contributed by atoms with Crippen molar-refractivity contribution in [3.05, 3.63) is 60.7 Å². The van der Waals surface area contributed by atoms with Crippen LogP contribution in [0, 0.1) is 0 Å². The van der Waals surface area contributed by atoms with Crippen molar-refractivity contribution in [1.29, 1.82) is 0 Å². The third-order valence-electron chi connectivity index (χ3n) is 3.45. The molecule has 2 aromatic carbocycles. The van der Waals surface area contributed by atoms with Crippen LogP contribution in [0.25, 0.3) is 0 Å². The van der Waals surface area contributed by atoms with E-state index in [0.717, 1.165) is 0 Å². The number of thioether (sulfide) groups is 1. The molecule has 0 heterocycles. The number of halogens is 2. The summed E-state index contributed by atoms with van der Waals surface area (Å²) in [7, 11) is 1.43. The van der Waals surface area contributed by atoms with Crippen LogP contribution in [0.3, 0.4) is 0 Å². The fraction of sp³-hybridized carbons (Fsp3) is 0.200. The number of amides is 1. The van der Waals surface area contributed by atoms with Gasteiger partial charge >= 0.3 is 5.97 Å². The molecule has 0 unspecified atom stereocenters. The van der Waals surface area contributed by atoms with Crippen molar-refractivity contribution in [2.45, 2.75) is 10.7 Å². The van der Waals surface area contributed by atoms with Crippen LogP contribution in [0.5, 0.6) is 11.5 Å². The Bertz CT molecular complexity index is 858. The highest BCUT2D eigenvalue weighted by molar-refractivity contribution is 7.99. The van der Waals surface area contributed by atoms with Gasteiger partial charge in [-0.05, 0) is 42.5 Å². The molecule has 0 bridgehead atoms. The minimum absolute atomic E-state index is 0.189. The Morgan fingerprint density at radius 3 is 2.52 bits per heavy atom. The molecule has 154 valence electrons. The second kappa shape index (κ2) is 11.1. The summed E-state index contributed by atoms with van der Waals surface area (Å²) in [4.78, 5) is 24.5. The number of esters is 1. The maximum atomic E-state index is 12.3. The summed E-state index contributed by atoms with van der Waals surface area (Å²) in [6.07, 6.45) is 1.57. The Morgan fingerprint density at radius 2 is 1.90 bits per heavy atom. The van der Waals surface area contributed by atoms with Crippen molar-refractivity contribution >= 4 is 29.3 Å². The number of anilines is 1. The maximum absolute atomic E-state index is 12.3. The van der Waals surface area contributed by atoms with E-state index in [1.54, 1.807) is 12.1 Å². The number of nitrogens with one attached hydrogen (secondary N) is 1. The number of benzene rings is 2. The van der Waals surface area contributed by atoms with Crippen molar-refractivity contribution in [2.75, 3.05) is 25.6 Å². The highest BCUT2D eigenvalue weighted by Crippen LogP contribution is 2.28. The standard InChI is InChI=1S/C20H19F2NO5S/c1-3-10-27-16-9-4-13(11-17(16)26-2)19(25)28-12-18(24)23-14-5-7-15(8-6-14)29-20(21)22/h3-9,11,20H,1,10,12H2,2H3,(H,23,24). The van der Waals surface area contributed by atoms with Gasteiger partial charge in [-0.1, -0.05) is 24.4 Å². The zero-order chi connectivity index (χ0) is 21.2. The minimum atomic E-state index is -2.52. The Labute approximate surface area is 170 Å². The van der Waals surface area contributed by atoms with E-state index >= 15 is 0 Å². The molecule has 0 spiro atoms. The molecule has 2 rings (SSSR count). The quantitative estimate of drug-likeness (QED) is 0.348. The number of methoxy groups -OCH3 is 1. The van der Waals surface area contributed by atoms with Gasteiger partial charge in [0.25, 0.3) is 11.7 Å². The molecule has 0 atom stereocenters. The number of hydrogen-bond acceptors (Lipinski definition) is 6. The number of rotatable bonds is 10. The number of carbonyl (C=O) groups excluding carboxylic acids is 2. The van der Waals surface area contributed by atoms with Crippen LogP contribution >= 0.6 is 11.8 Å². The molecular weight excluding hydrogens is 404 g/mol. The van der Waals surface area contributed by atoms with Gasteiger partial charge in [0.2, 0.25) is 0 Å². The summed E-state index contributed by atoms with van der Waals surface area (Å²) in [6.45, 7) is 3.32. The zero-order valence-electron chi connectivity index (χ0n) is 15.5. The van der Waals surface area contributed by atoms with E-state index in [2.05, 4.69) is 11.9 Å². The highest BCUT2D eigenvalue weighted by Gasteiger charge is 2.14. The molecule has 0 aliphatic carbocycles. The lowest BCUT2D eigenvalue weighted by atomic mass is 10.2. The largest absolute Gasteiger partial charge is 0.493 e. The van der Waals surface area contributed by atoms with Gasteiger partial charge in [-0.25, -0.2) is 4.79 Å². The van der Waals surface area contributed by atoms with E-state index in [4.69, 9.17) is 14.2 Å². The molecule has 0 aromatic heterocycles. The topological polar surface area (TPSA) is 73.9 Å². The van der Waals surface area contributed by atoms with Gasteiger partial charge < -0.3 is 19.5 Å². The van der Waals surface area contributed by atoms with Gasteiger partial charge in [-0.2, -0.15) is 8.78 Å². The highest BCUT2D eigenvalue weighted by atomic mass is 32.2. The monoisotopic (exact) mass is 423 g/mol. The van der Waals surface area contributed by atoms with Crippen LogP contribution in [0.15, 0.2) is 60.0 Å². The van der Waals surface area contributed by atoms with E-state index in [1.165, 1.54) is 43.5 Å². The number of alkyl halides is 2. The first-order valence-corrected chi connectivity index (χ1v) is 9.24. The lowest BCUT2D eigenvalue weighted by Crippen LogP contribution is -2.21. The predicted octanol–water partition coefficient (Wildman–Crippen LogP) is 4.37. The molecule has 9 heteroatoms. The van der Waals surface area contributed by atoms with E-state index in [0.29, 0.717) is 33.8 Å². The normalized spacial score (nSPS) is 10.3. The Kier molecular flexibility index (Phi) is 8.47. The molecule has 0 saturated carbocycles. The van der Waals surface area contributed by atoms with Gasteiger partial charge in [-0.3, -0.25) is 4.79 Å². The molecule has 0 fully saturated rings. The molecule has 0 aliphatic rings. The summed E-state index contributed by atoms with van der Waals surface area (Å²) >= 11 is 0.407. The molecule has 2 aromatic rings. The molecule has 29 heavy (non-hydrogen) atoms. The molecule has 0 saturated heterocycles. The summed E-state index contributed by atoms with van der Waals surface area (Å²) < 4.78 is 40.2. The third kappa shape index (κ3) is 7.11. The summed E-state index contributed by atoms with van der Waals surface area (Å²) in [5, 5.41) is 2.52. The lowest BCUT2D eigenvalue weighted by Gasteiger charge is -2.11. The Balaban J connectivity index is 1.89. The summed E-state index contributed by atoms with van der Waals surface area (Å²) in [5.74, 6) is -3.01.